The van der Waals surface area contributed by atoms with Crippen LogP contribution in [0.15, 0.2) is 5.51 Å². The zero-order valence-corrected chi connectivity index (χ0v) is 12.6. The SMILES string of the molecule is COC(=O)N1CCN(C(=O)CCc2scnc2C)CC1. The van der Waals surface area contributed by atoms with Crippen LogP contribution in [0.1, 0.15) is 17.0 Å². The number of methoxy groups -OCH3 is 1. The van der Waals surface area contributed by atoms with Crippen LogP contribution in [-0.4, -0.2) is 60.1 Å². The summed E-state index contributed by atoms with van der Waals surface area (Å²) in [5, 5.41) is 0. The zero-order valence-electron chi connectivity index (χ0n) is 11.8. The summed E-state index contributed by atoms with van der Waals surface area (Å²) in [6, 6.07) is 0. The maximum Gasteiger partial charge on any atom is 0.409 e. The average molecular weight is 297 g/mol. The first-order chi connectivity index (χ1) is 9.61. The molecule has 1 aliphatic rings. The predicted molar refractivity (Wildman–Crippen MR) is 75.7 cm³/mol. The summed E-state index contributed by atoms with van der Waals surface area (Å²) in [5.74, 6) is 0.141. The van der Waals surface area contributed by atoms with Crippen molar-refractivity contribution in [2.24, 2.45) is 0 Å². The second kappa shape index (κ2) is 6.69. The molecule has 0 aromatic carbocycles. The lowest BCUT2D eigenvalue weighted by atomic mass is 10.2. The van der Waals surface area contributed by atoms with E-state index in [1.807, 2.05) is 17.3 Å². The van der Waals surface area contributed by atoms with E-state index in [0.717, 1.165) is 12.1 Å². The van der Waals surface area contributed by atoms with E-state index < -0.39 is 0 Å². The van der Waals surface area contributed by atoms with Gasteiger partial charge in [0.25, 0.3) is 0 Å². The molecular weight excluding hydrogens is 278 g/mol. The van der Waals surface area contributed by atoms with Crippen molar-refractivity contribution < 1.29 is 14.3 Å². The number of ether oxygens (including phenoxy) is 1. The Hall–Kier alpha value is -1.63. The number of hydrogen-bond acceptors (Lipinski definition) is 5. The van der Waals surface area contributed by atoms with Crippen molar-refractivity contribution in [1.82, 2.24) is 14.8 Å². The number of rotatable bonds is 3. The van der Waals surface area contributed by atoms with E-state index in [2.05, 4.69) is 9.72 Å². The van der Waals surface area contributed by atoms with E-state index in [1.54, 1.807) is 16.2 Å². The molecule has 2 heterocycles. The van der Waals surface area contributed by atoms with E-state index in [0.29, 0.717) is 32.6 Å². The van der Waals surface area contributed by atoms with E-state index in [4.69, 9.17) is 0 Å². The molecule has 0 bridgehead atoms. The van der Waals surface area contributed by atoms with Gasteiger partial charge in [0.2, 0.25) is 5.91 Å². The Morgan fingerprint density at radius 1 is 1.30 bits per heavy atom. The second-order valence-electron chi connectivity index (χ2n) is 4.70. The molecule has 2 amide bonds. The minimum Gasteiger partial charge on any atom is -0.453 e. The normalized spacial score (nSPS) is 15.3. The van der Waals surface area contributed by atoms with Gasteiger partial charge in [-0.3, -0.25) is 4.79 Å². The second-order valence-corrected chi connectivity index (χ2v) is 5.64. The Kier molecular flexibility index (Phi) is 4.94. The molecule has 0 N–H and O–H groups in total. The smallest absolute Gasteiger partial charge is 0.409 e. The largest absolute Gasteiger partial charge is 0.453 e. The van der Waals surface area contributed by atoms with Crippen molar-refractivity contribution in [2.75, 3.05) is 33.3 Å². The standard InChI is InChI=1S/C13H19N3O3S/c1-10-11(20-9-14-10)3-4-12(17)15-5-7-16(8-6-15)13(18)19-2/h9H,3-8H2,1-2H3. The molecule has 1 aromatic heterocycles. The average Bonchev–Trinajstić information content (AvgIpc) is 2.89. The number of carbonyl (C=O) groups excluding carboxylic acids is 2. The summed E-state index contributed by atoms with van der Waals surface area (Å²) in [6.45, 7) is 4.20. The van der Waals surface area contributed by atoms with Crippen LogP contribution in [0.25, 0.3) is 0 Å². The van der Waals surface area contributed by atoms with Gasteiger partial charge in [0.1, 0.15) is 0 Å². The Morgan fingerprint density at radius 3 is 2.50 bits per heavy atom. The number of amides is 2. The molecule has 1 saturated heterocycles. The van der Waals surface area contributed by atoms with Crippen LogP contribution >= 0.6 is 11.3 Å². The van der Waals surface area contributed by atoms with Crippen LogP contribution in [0.4, 0.5) is 4.79 Å². The van der Waals surface area contributed by atoms with Gasteiger partial charge in [-0.2, -0.15) is 0 Å². The molecule has 0 saturated carbocycles. The topological polar surface area (TPSA) is 62.7 Å². The Morgan fingerprint density at radius 2 is 1.95 bits per heavy atom. The van der Waals surface area contributed by atoms with Crippen molar-refractivity contribution in [2.45, 2.75) is 19.8 Å². The lowest BCUT2D eigenvalue weighted by molar-refractivity contribution is -0.132. The van der Waals surface area contributed by atoms with Crippen molar-refractivity contribution in [3.05, 3.63) is 16.1 Å². The quantitative estimate of drug-likeness (QED) is 0.843. The van der Waals surface area contributed by atoms with Gasteiger partial charge in [-0.05, 0) is 13.3 Å². The van der Waals surface area contributed by atoms with E-state index in [-0.39, 0.29) is 12.0 Å². The molecule has 110 valence electrons. The summed E-state index contributed by atoms with van der Waals surface area (Å²) >= 11 is 1.59. The maximum atomic E-state index is 12.1. The van der Waals surface area contributed by atoms with Crippen LogP contribution < -0.4 is 0 Å². The third-order valence-electron chi connectivity index (χ3n) is 3.48. The van der Waals surface area contributed by atoms with E-state index >= 15 is 0 Å². The number of aryl methyl sites for hydroxylation is 2. The molecule has 0 atom stereocenters. The van der Waals surface area contributed by atoms with Crippen LogP contribution in [0.5, 0.6) is 0 Å². The summed E-state index contributed by atoms with van der Waals surface area (Å²) in [6.07, 6.45) is 0.922. The molecule has 20 heavy (non-hydrogen) atoms. The van der Waals surface area contributed by atoms with Gasteiger partial charge in [0.15, 0.2) is 0 Å². The first kappa shape index (κ1) is 14.8. The lowest BCUT2D eigenvalue weighted by Gasteiger charge is -2.33. The highest BCUT2D eigenvalue weighted by Crippen LogP contribution is 2.15. The van der Waals surface area contributed by atoms with Gasteiger partial charge >= 0.3 is 6.09 Å². The highest BCUT2D eigenvalue weighted by Gasteiger charge is 2.24. The number of aromatic nitrogens is 1. The molecule has 2 rings (SSSR count). The van der Waals surface area contributed by atoms with Crippen molar-refractivity contribution >= 4 is 23.3 Å². The van der Waals surface area contributed by atoms with Crippen LogP contribution in [0.2, 0.25) is 0 Å². The zero-order chi connectivity index (χ0) is 14.5. The number of nitrogens with zero attached hydrogens (tertiary/aromatic N) is 3. The fourth-order valence-electron chi connectivity index (χ4n) is 2.21. The predicted octanol–water partition coefficient (Wildman–Crippen LogP) is 1.29. The number of hydrogen-bond donors (Lipinski definition) is 0. The number of carbonyl (C=O) groups is 2. The van der Waals surface area contributed by atoms with Gasteiger partial charge in [-0.1, -0.05) is 0 Å². The number of piperazine rings is 1. The molecule has 1 aliphatic heterocycles. The summed E-state index contributed by atoms with van der Waals surface area (Å²) < 4.78 is 4.67. The molecule has 1 aromatic rings. The highest BCUT2D eigenvalue weighted by atomic mass is 32.1. The summed E-state index contributed by atoms with van der Waals surface area (Å²) in [4.78, 5) is 32.3. The third kappa shape index (κ3) is 3.47. The van der Waals surface area contributed by atoms with Crippen molar-refractivity contribution in [1.29, 1.82) is 0 Å². The van der Waals surface area contributed by atoms with Crippen LogP contribution in [-0.2, 0) is 16.0 Å². The van der Waals surface area contributed by atoms with Crippen molar-refractivity contribution in [3.63, 3.8) is 0 Å². The molecule has 0 unspecified atom stereocenters. The fourth-order valence-corrected chi connectivity index (χ4v) is 2.99. The Labute approximate surface area is 122 Å². The molecular formula is C13H19N3O3S. The van der Waals surface area contributed by atoms with Gasteiger partial charge in [0.05, 0.1) is 18.3 Å². The number of thiazole rings is 1. The lowest BCUT2D eigenvalue weighted by Crippen LogP contribution is -2.50. The fraction of sp³-hybridized carbons (Fsp3) is 0.615. The monoisotopic (exact) mass is 297 g/mol. The first-order valence-corrected chi connectivity index (χ1v) is 7.49. The maximum absolute atomic E-state index is 12.1. The Balaban J connectivity index is 1.77. The highest BCUT2D eigenvalue weighted by molar-refractivity contribution is 7.09. The van der Waals surface area contributed by atoms with E-state index in [1.165, 1.54) is 12.0 Å². The molecule has 0 aliphatic carbocycles. The van der Waals surface area contributed by atoms with Gasteiger partial charge in [-0.25, -0.2) is 9.78 Å². The molecule has 1 fully saturated rings. The van der Waals surface area contributed by atoms with Crippen LogP contribution in [0.3, 0.4) is 0 Å². The van der Waals surface area contributed by atoms with Crippen LogP contribution in [0, 0.1) is 6.92 Å². The van der Waals surface area contributed by atoms with Gasteiger partial charge < -0.3 is 14.5 Å². The molecule has 7 heteroatoms. The van der Waals surface area contributed by atoms with E-state index in [9.17, 15) is 9.59 Å². The first-order valence-electron chi connectivity index (χ1n) is 6.61. The summed E-state index contributed by atoms with van der Waals surface area (Å²) in [5.41, 5.74) is 2.82. The minimum absolute atomic E-state index is 0.141. The molecule has 0 radical (unpaired) electrons. The minimum atomic E-state index is -0.322. The summed E-state index contributed by atoms with van der Waals surface area (Å²) in [7, 11) is 1.37. The van der Waals surface area contributed by atoms with Crippen molar-refractivity contribution in [3.8, 4) is 0 Å². The van der Waals surface area contributed by atoms with Gasteiger partial charge in [0, 0.05) is 37.5 Å². The van der Waals surface area contributed by atoms with Gasteiger partial charge in [-0.15, -0.1) is 11.3 Å². The Bertz CT molecular complexity index is 481. The molecule has 6 nitrogen and oxygen atoms in total. The molecule has 0 spiro atoms. The third-order valence-corrected chi connectivity index (χ3v) is 4.47.